The normalized spacial score (nSPS) is 15.8. The van der Waals surface area contributed by atoms with E-state index in [2.05, 4.69) is 58.6 Å². The zero-order valence-electron chi connectivity index (χ0n) is 26.3. The summed E-state index contributed by atoms with van der Waals surface area (Å²) in [7, 11) is 2.17. The number of hydrogen-bond acceptors (Lipinski definition) is 7. The third-order valence-electron chi connectivity index (χ3n) is 9.27. The Hall–Kier alpha value is -3.69. The number of piperidine rings is 1. The lowest BCUT2D eigenvalue weighted by molar-refractivity contribution is 0.132. The van der Waals surface area contributed by atoms with Gasteiger partial charge >= 0.3 is 0 Å². The first-order valence-corrected chi connectivity index (χ1v) is 16.3. The van der Waals surface area contributed by atoms with Gasteiger partial charge in [-0.1, -0.05) is 61.4 Å². The molecule has 0 radical (unpaired) electrons. The molecule has 4 aromatic rings. The number of aliphatic hydroxyl groups is 1. The number of aromatic nitrogens is 1. The lowest BCUT2D eigenvalue weighted by atomic mass is 9.67. The number of benzene rings is 3. The van der Waals surface area contributed by atoms with Crippen molar-refractivity contribution in [3.8, 4) is 11.5 Å². The van der Waals surface area contributed by atoms with Crippen LogP contribution in [-0.2, 0) is 16.6 Å². The van der Waals surface area contributed by atoms with Gasteiger partial charge in [-0.05, 0) is 93.7 Å². The topological polar surface area (TPSA) is 118 Å². The number of rotatable bonds is 15. The second-order valence-electron chi connectivity index (χ2n) is 12.4. The van der Waals surface area contributed by atoms with Crippen LogP contribution < -0.4 is 10.9 Å². The van der Waals surface area contributed by atoms with Crippen molar-refractivity contribution in [1.82, 2.24) is 15.2 Å². The standard InChI is InChI=1S/C37H47N3O5/c1-40-21-18-37(19-22-40,28-9-5-4-6-10-28)31-25-27(11-14-32(31)41)17-24-45-23-8-3-2-7-20-38-26-34(43)29-12-15-33(42)36-30(29)13-16-35(44)39-36/h4-6,9-16,25,34,38,41-43H,2-3,7-8,17-24,26H2,1H3,(H,39,44). The second kappa shape index (κ2) is 15.5. The summed E-state index contributed by atoms with van der Waals surface area (Å²) in [6.07, 6.45) is 6.20. The highest BCUT2D eigenvalue weighted by Gasteiger charge is 2.39. The molecule has 1 aliphatic rings. The number of nitrogens with zero attached hydrogens (tertiary/aromatic N) is 1. The molecule has 1 fully saturated rings. The molecule has 8 heteroatoms. The fourth-order valence-corrected chi connectivity index (χ4v) is 6.59. The number of phenols is 2. The maximum Gasteiger partial charge on any atom is 0.248 e. The minimum absolute atomic E-state index is 0.00940. The van der Waals surface area contributed by atoms with Crippen LogP contribution in [0.5, 0.6) is 11.5 Å². The Bertz CT molecular complexity index is 1580. The predicted molar refractivity (Wildman–Crippen MR) is 179 cm³/mol. The fraction of sp³-hybridized carbons (Fsp3) is 0.432. The molecule has 5 rings (SSSR count). The number of aromatic amines is 1. The van der Waals surface area contributed by atoms with Gasteiger partial charge in [-0.25, -0.2) is 0 Å². The molecule has 1 unspecified atom stereocenters. The van der Waals surface area contributed by atoms with Gasteiger partial charge in [-0.15, -0.1) is 0 Å². The molecule has 0 aliphatic carbocycles. The summed E-state index contributed by atoms with van der Waals surface area (Å²) in [5.41, 5.74) is 4.05. The van der Waals surface area contributed by atoms with E-state index < -0.39 is 6.10 Å². The molecule has 0 spiro atoms. The summed E-state index contributed by atoms with van der Waals surface area (Å²) in [4.78, 5) is 16.6. The lowest BCUT2D eigenvalue weighted by Gasteiger charge is -2.42. The molecule has 1 atom stereocenters. The van der Waals surface area contributed by atoms with Crippen molar-refractivity contribution in [2.45, 2.75) is 56.5 Å². The molecule has 8 nitrogen and oxygen atoms in total. The minimum Gasteiger partial charge on any atom is -0.508 e. The van der Waals surface area contributed by atoms with Crippen LogP contribution in [0, 0.1) is 0 Å². The SMILES string of the molecule is CN1CCC(c2ccccc2)(c2cc(CCOCCCCCCNCC(O)c3ccc(O)c4[nH]c(=O)ccc34)ccc2O)CC1. The number of phenolic OH excluding ortho intramolecular Hbond substituents is 2. The summed E-state index contributed by atoms with van der Waals surface area (Å²) in [6, 6.07) is 22.9. The lowest BCUT2D eigenvalue weighted by Crippen LogP contribution is -2.41. The molecular formula is C37H47N3O5. The minimum atomic E-state index is -0.745. The maximum atomic E-state index is 11.6. The maximum absolute atomic E-state index is 11.6. The smallest absolute Gasteiger partial charge is 0.248 e. The molecule has 5 N–H and O–H groups in total. The number of nitrogens with one attached hydrogen (secondary N) is 2. The van der Waals surface area contributed by atoms with E-state index in [0.717, 1.165) is 76.8 Å². The Kier molecular flexibility index (Phi) is 11.3. The number of pyridine rings is 1. The van der Waals surface area contributed by atoms with E-state index in [9.17, 15) is 20.1 Å². The molecule has 0 bridgehead atoms. The van der Waals surface area contributed by atoms with Crippen LogP contribution in [0.1, 0.15) is 66.9 Å². The van der Waals surface area contributed by atoms with Crippen molar-refractivity contribution < 1.29 is 20.1 Å². The van der Waals surface area contributed by atoms with Crippen LogP contribution in [0.15, 0.2) is 77.6 Å². The Morgan fingerprint density at radius 2 is 1.67 bits per heavy atom. The van der Waals surface area contributed by atoms with Crippen LogP contribution >= 0.6 is 0 Å². The average Bonchev–Trinajstić information content (AvgIpc) is 3.05. The first-order valence-electron chi connectivity index (χ1n) is 16.3. The van der Waals surface area contributed by atoms with Crippen LogP contribution in [0.25, 0.3) is 10.9 Å². The van der Waals surface area contributed by atoms with Gasteiger partial charge in [0.1, 0.15) is 11.5 Å². The molecule has 2 heterocycles. The summed E-state index contributed by atoms with van der Waals surface area (Å²) in [5, 5.41) is 35.7. The van der Waals surface area contributed by atoms with Gasteiger partial charge in [0.05, 0.1) is 18.2 Å². The zero-order valence-corrected chi connectivity index (χ0v) is 26.3. The number of likely N-dealkylation sites (tertiary alicyclic amines) is 1. The molecule has 3 aromatic carbocycles. The van der Waals surface area contributed by atoms with Crippen molar-refractivity contribution in [2.75, 3.05) is 46.4 Å². The number of aliphatic hydroxyl groups excluding tert-OH is 1. The van der Waals surface area contributed by atoms with Crippen molar-refractivity contribution in [2.24, 2.45) is 0 Å². The predicted octanol–water partition coefficient (Wildman–Crippen LogP) is 5.39. The van der Waals surface area contributed by atoms with Crippen LogP contribution in [0.4, 0.5) is 0 Å². The zero-order chi connectivity index (χ0) is 31.6. The van der Waals surface area contributed by atoms with Crippen molar-refractivity contribution in [1.29, 1.82) is 0 Å². The highest BCUT2D eigenvalue weighted by atomic mass is 16.5. The van der Waals surface area contributed by atoms with E-state index in [1.165, 1.54) is 23.3 Å². The number of hydrogen-bond donors (Lipinski definition) is 5. The Morgan fingerprint density at radius 1 is 0.911 bits per heavy atom. The van der Waals surface area contributed by atoms with Crippen LogP contribution in [0.3, 0.4) is 0 Å². The van der Waals surface area contributed by atoms with Crippen molar-refractivity contribution in [3.05, 3.63) is 105 Å². The van der Waals surface area contributed by atoms with Gasteiger partial charge in [0.15, 0.2) is 0 Å². The van der Waals surface area contributed by atoms with Crippen LogP contribution in [0.2, 0.25) is 0 Å². The number of aromatic hydroxyl groups is 2. The van der Waals surface area contributed by atoms with E-state index in [0.29, 0.717) is 35.4 Å². The van der Waals surface area contributed by atoms with Gasteiger partial charge in [-0.2, -0.15) is 0 Å². The largest absolute Gasteiger partial charge is 0.508 e. The average molecular weight is 614 g/mol. The first-order chi connectivity index (χ1) is 21.9. The molecule has 0 saturated carbocycles. The van der Waals surface area contributed by atoms with Gasteiger partial charge in [-0.3, -0.25) is 4.79 Å². The van der Waals surface area contributed by atoms with Gasteiger partial charge in [0, 0.05) is 35.6 Å². The summed E-state index contributed by atoms with van der Waals surface area (Å²) < 4.78 is 5.98. The monoisotopic (exact) mass is 613 g/mol. The Morgan fingerprint density at radius 3 is 2.47 bits per heavy atom. The third kappa shape index (κ3) is 8.13. The number of fused-ring (bicyclic) bond motifs is 1. The summed E-state index contributed by atoms with van der Waals surface area (Å²) >= 11 is 0. The fourth-order valence-electron chi connectivity index (χ4n) is 6.59. The number of ether oxygens (including phenoxy) is 1. The van der Waals surface area contributed by atoms with Crippen LogP contribution in [-0.4, -0.2) is 71.6 Å². The van der Waals surface area contributed by atoms with E-state index in [1.807, 2.05) is 12.1 Å². The molecule has 0 amide bonds. The summed E-state index contributed by atoms with van der Waals surface area (Å²) in [6.45, 7) is 4.58. The quantitative estimate of drug-likeness (QED) is 0.114. The van der Waals surface area contributed by atoms with E-state index >= 15 is 0 Å². The van der Waals surface area contributed by atoms with Gasteiger partial charge in [0.2, 0.25) is 5.56 Å². The van der Waals surface area contributed by atoms with E-state index in [1.54, 1.807) is 12.1 Å². The molecule has 240 valence electrons. The van der Waals surface area contributed by atoms with Gasteiger partial charge < -0.3 is 35.3 Å². The molecular weight excluding hydrogens is 566 g/mol. The van der Waals surface area contributed by atoms with E-state index in [4.69, 9.17) is 4.74 Å². The van der Waals surface area contributed by atoms with E-state index in [-0.39, 0.29) is 16.7 Å². The second-order valence-corrected chi connectivity index (χ2v) is 12.4. The Labute approximate surface area is 265 Å². The molecule has 45 heavy (non-hydrogen) atoms. The third-order valence-corrected chi connectivity index (χ3v) is 9.27. The Balaban J connectivity index is 1.00. The first kappa shape index (κ1) is 32.7. The highest BCUT2D eigenvalue weighted by Crippen LogP contribution is 2.45. The van der Waals surface area contributed by atoms with Crippen molar-refractivity contribution >= 4 is 10.9 Å². The molecule has 1 aliphatic heterocycles. The number of unbranched alkanes of at least 4 members (excludes halogenated alkanes) is 3. The highest BCUT2D eigenvalue weighted by molar-refractivity contribution is 5.87. The van der Waals surface area contributed by atoms with Gasteiger partial charge in [0.25, 0.3) is 0 Å². The number of H-pyrrole nitrogens is 1. The van der Waals surface area contributed by atoms with Crippen molar-refractivity contribution in [3.63, 3.8) is 0 Å². The molecule has 1 aromatic heterocycles. The summed E-state index contributed by atoms with van der Waals surface area (Å²) in [5.74, 6) is 0.369. The molecule has 1 saturated heterocycles.